The molecule has 0 bridgehead atoms. The summed E-state index contributed by atoms with van der Waals surface area (Å²) in [5, 5.41) is 9.27. The molecule has 0 aromatic rings. The van der Waals surface area contributed by atoms with E-state index in [1.165, 1.54) is 25.7 Å². The molecule has 0 spiro atoms. The molecule has 1 N–H and O–H groups in total. The molecule has 2 rings (SSSR count). The second-order valence-electron chi connectivity index (χ2n) is 5.15. The van der Waals surface area contributed by atoms with Crippen molar-refractivity contribution in [3.05, 3.63) is 0 Å². The Hall–Kier alpha value is -0.0400. The SMILES string of the molecule is CC1(C)CC1(CO)CC1CC1. The van der Waals surface area contributed by atoms with Gasteiger partial charge in [-0.25, -0.2) is 0 Å². The topological polar surface area (TPSA) is 20.2 Å². The molecule has 0 aromatic heterocycles. The Bertz CT molecular complexity index is 170. The maximum absolute atomic E-state index is 9.27. The molecule has 2 aliphatic rings. The summed E-state index contributed by atoms with van der Waals surface area (Å²) in [6.07, 6.45) is 5.36. The first kappa shape index (κ1) is 7.60. The van der Waals surface area contributed by atoms with Gasteiger partial charge in [0.15, 0.2) is 0 Å². The molecule has 0 amide bonds. The summed E-state index contributed by atoms with van der Waals surface area (Å²) < 4.78 is 0. The molecule has 1 heteroatoms. The van der Waals surface area contributed by atoms with Crippen LogP contribution < -0.4 is 0 Å². The van der Waals surface area contributed by atoms with Gasteiger partial charge in [0.25, 0.3) is 0 Å². The fourth-order valence-electron chi connectivity index (χ4n) is 2.36. The summed E-state index contributed by atoms with van der Waals surface area (Å²) >= 11 is 0. The van der Waals surface area contributed by atoms with Crippen molar-refractivity contribution in [2.75, 3.05) is 6.61 Å². The lowest BCUT2D eigenvalue weighted by atomic mass is 9.91. The average Bonchev–Trinajstić information content (AvgIpc) is 2.76. The summed E-state index contributed by atoms with van der Waals surface area (Å²) in [4.78, 5) is 0. The maximum atomic E-state index is 9.27. The van der Waals surface area contributed by atoms with Crippen LogP contribution in [0.25, 0.3) is 0 Å². The highest BCUT2D eigenvalue weighted by atomic mass is 16.3. The fourth-order valence-corrected chi connectivity index (χ4v) is 2.36. The Morgan fingerprint density at radius 3 is 2.18 bits per heavy atom. The lowest BCUT2D eigenvalue weighted by molar-refractivity contribution is 0.165. The van der Waals surface area contributed by atoms with Gasteiger partial charge < -0.3 is 5.11 Å². The minimum atomic E-state index is 0.328. The van der Waals surface area contributed by atoms with Gasteiger partial charge in [-0.3, -0.25) is 0 Å². The van der Waals surface area contributed by atoms with Crippen LogP contribution in [0.5, 0.6) is 0 Å². The third-order valence-corrected chi connectivity index (χ3v) is 3.77. The van der Waals surface area contributed by atoms with Gasteiger partial charge in [0.2, 0.25) is 0 Å². The molecule has 0 saturated heterocycles. The number of aliphatic hydroxyl groups is 1. The molecule has 1 nitrogen and oxygen atoms in total. The molecule has 1 atom stereocenters. The third-order valence-electron chi connectivity index (χ3n) is 3.77. The smallest absolute Gasteiger partial charge is 0.0492 e. The molecule has 2 fully saturated rings. The van der Waals surface area contributed by atoms with Crippen molar-refractivity contribution in [2.45, 2.75) is 39.5 Å². The largest absolute Gasteiger partial charge is 0.396 e. The minimum Gasteiger partial charge on any atom is -0.396 e. The van der Waals surface area contributed by atoms with E-state index in [4.69, 9.17) is 0 Å². The predicted octanol–water partition coefficient (Wildman–Crippen LogP) is 2.20. The number of aliphatic hydroxyl groups excluding tert-OH is 1. The maximum Gasteiger partial charge on any atom is 0.0492 e. The Morgan fingerprint density at radius 1 is 1.36 bits per heavy atom. The van der Waals surface area contributed by atoms with Crippen LogP contribution in [0.3, 0.4) is 0 Å². The van der Waals surface area contributed by atoms with E-state index in [9.17, 15) is 5.11 Å². The second-order valence-corrected chi connectivity index (χ2v) is 5.15. The van der Waals surface area contributed by atoms with Crippen molar-refractivity contribution >= 4 is 0 Å². The van der Waals surface area contributed by atoms with Crippen LogP contribution in [0, 0.1) is 16.7 Å². The summed E-state index contributed by atoms with van der Waals surface area (Å²) in [6, 6.07) is 0. The van der Waals surface area contributed by atoms with Crippen LogP contribution in [0.15, 0.2) is 0 Å². The van der Waals surface area contributed by atoms with E-state index in [1.807, 2.05) is 0 Å². The average molecular weight is 154 g/mol. The van der Waals surface area contributed by atoms with E-state index in [2.05, 4.69) is 13.8 Å². The number of rotatable bonds is 3. The number of hydrogen-bond acceptors (Lipinski definition) is 1. The zero-order valence-corrected chi connectivity index (χ0v) is 7.56. The molecule has 11 heavy (non-hydrogen) atoms. The molecular formula is C10H18O. The Balaban J connectivity index is 1.96. The molecule has 1 unspecified atom stereocenters. The van der Waals surface area contributed by atoms with E-state index in [1.54, 1.807) is 0 Å². The molecular weight excluding hydrogens is 136 g/mol. The monoisotopic (exact) mass is 154 g/mol. The lowest BCUT2D eigenvalue weighted by Gasteiger charge is -2.16. The molecule has 0 aromatic carbocycles. The molecule has 0 aliphatic heterocycles. The van der Waals surface area contributed by atoms with Gasteiger partial charge in [0.1, 0.15) is 0 Å². The molecule has 2 saturated carbocycles. The van der Waals surface area contributed by atoms with E-state index in [-0.39, 0.29) is 0 Å². The van der Waals surface area contributed by atoms with E-state index < -0.39 is 0 Å². The van der Waals surface area contributed by atoms with E-state index >= 15 is 0 Å². The Labute approximate surface area is 68.8 Å². The van der Waals surface area contributed by atoms with Crippen molar-refractivity contribution < 1.29 is 5.11 Å². The summed E-state index contributed by atoms with van der Waals surface area (Å²) in [7, 11) is 0. The molecule has 2 aliphatic carbocycles. The quantitative estimate of drug-likeness (QED) is 0.660. The minimum absolute atomic E-state index is 0.328. The van der Waals surface area contributed by atoms with Gasteiger partial charge in [-0.15, -0.1) is 0 Å². The van der Waals surface area contributed by atoms with E-state index in [0.29, 0.717) is 17.4 Å². The van der Waals surface area contributed by atoms with Gasteiger partial charge in [-0.2, -0.15) is 0 Å². The van der Waals surface area contributed by atoms with Crippen molar-refractivity contribution in [1.29, 1.82) is 0 Å². The van der Waals surface area contributed by atoms with Gasteiger partial charge in [0, 0.05) is 6.61 Å². The zero-order valence-electron chi connectivity index (χ0n) is 7.56. The predicted molar refractivity (Wildman–Crippen MR) is 45.3 cm³/mol. The summed E-state index contributed by atoms with van der Waals surface area (Å²) in [6.45, 7) is 4.98. The summed E-state index contributed by atoms with van der Waals surface area (Å²) in [5.74, 6) is 0.962. The highest BCUT2D eigenvalue weighted by Gasteiger charge is 2.61. The third kappa shape index (κ3) is 1.10. The summed E-state index contributed by atoms with van der Waals surface area (Å²) in [5.41, 5.74) is 0.762. The molecule has 64 valence electrons. The standard InChI is InChI=1S/C10H18O/c1-9(2)6-10(9,7-11)5-8-3-4-8/h8,11H,3-7H2,1-2H3. The first-order valence-corrected chi connectivity index (χ1v) is 4.71. The zero-order chi connectivity index (χ0) is 8.11. The van der Waals surface area contributed by atoms with Gasteiger partial charge in [-0.05, 0) is 29.6 Å². The highest BCUT2D eigenvalue weighted by molar-refractivity contribution is 5.10. The van der Waals surface area contributed by atoms with Gasteiger partial charge in [0.05, 0.1) is 0 Å². The van der Waals surface area contributed by atoms with Crippen LogP contribution in [0.1, 0.15) is 39.5 Å². The van der Waals surface area contributed by atoms with Crippen molar-refractivity contribution in [3.8, 4) is 0 Å². The van der Waals surface area contributed by atoms with Crippen molar-refractivity contribution in [3.63, 3.8) is 0 Å². The normalized spacial score (nSPS) is 40.6. The fraction of sp³-hybridized carbons (Fsp3) is 1.00. The van der Waals surface area contributed by atoms with Crippen LogP contribution >= 0.6 is 0 Å². The Kier molecular flexibility index (Phi) is 1.39. The molecule has 0 radical (unpaired) electrons. The van der Waals surface area contributed by atoms with Crippen LogP contribution in [0.4, 0.5) is 0 Å². The van der Waals surface area contributed by atoms with Gasteiger partial charge in [-0.1, -0.05) is 26.7 Å². The first-order valence-electron chi connectivity index (χ1n) is 4.71. The van der Waals surface area contributed by atoms with Gasteiger partial charge >= 0.3 is 0 Å². The van der Waals surface area contributed by atoms with E-state index in [0.717, 1.165) is 5.92 Å². The lowest BCUT2D eigenvalue weighted by Crippen LogP contribution is -2.14. The van der Waals surface area contributed by atoms with Crippen LogP contribution in [-0.2, 0) is 0 Å². The van der Waals surface area contributed by atoms with Crippen molar-refractivity contribution in [2.24, 2.45) is 16.7 Å². The highest BCUT2D eigenvalue weighted by Crippen LogP contribution is 2.67. The van der Waals surface area contributed by atoms with Crippen LogP contribution in [-0.4, -0.2) is 11.7 Å². The van der Waals surface area contributed by atoms with Crippen molar-refractivity contribution in [1.82, 2.24) is 0 Å². The van der Waals surface area contributed by atoms with Crippen LogP contribution in [0.2, 0.25) is 0 Å². The number of hydrogen-bond donors (Lipinski definition) is 1. The Morgan fingerprint density at radius 2 is 1.91 bits per heavy atom. The first-order chi connectivity index (χ1) is 5.10. The second kappa shape index (κ2) is 2.01. The molecule has 0 heterocycles.